The number of sulfonamides is 1. The van der Waals surface area contributed by atoms with Crippen LogP contribution in [0.2, 0.25) is 0 Å². The number of ether oxygens (including phenoxy) is 1. The highest BCUT2D eigenvalue weighted by Gasteiger charge is 2.22. The van der Waals surface area contributed by atoms with E-state index >= 15 is 0 Å². The molecule has 0 bridgehead atoms. The summed E-state index contributed by atoms with van der Waals surface area (Å²) >= 11 is 0. The summed E-state index contributed by atoms with van der Waals surface area (Å²) in [6, 6.07) is 4.04. The summed E-state index contributed by atoms with van der Waals surface area (Å²) in [5.74, 6) is -0.127. The van der Waals surface area contributed by atoms with Crippen LogP contribution in [0, 0.1) is 0 Å². The van der Waals surface area contributed by atoms with Crippen LogP contribution in [0.25, 0.3) is 0 Å². The fraction of sp³-hybridized carbons (Fsp3) is 0.500. The zero-order valence-corrected chi connectivity index (χ0v) is 13.7. The van der Waals surface area contributed by atoms with Crippen LogP contribution in [0.15, 0.2) is 23.1 Å². The molecule has 0 fully saturated rings. The van der Waals surface area contributed by atoms with E-state index in [4.69, 9.17) is 4.74 Å². The number of carbonyl (C=O) groups excluding carboxylic acids is 1. The molecule has 0 aliphatic carbocycles. The molecule has 0 heterocycles. The van der Waals surface area contributed by atoms with Crippen molar-refractivity contribution in [2.45, 2.75) is 44.7 Å². The first-order valence-corrected chi connectivity index (χ1v) is 8.17. The number of nitrogens with one attached hydrogen (secondary N) is 2. The van der Waals surface area contributed by atoms with E-state index in [-0.39, 0.29) is 34.2 Å². The second-order valence-electron chi connectivity index (χ2n) is 5.27. The number of hydrogen-bond donors (Lipinski definition) is 2. The Morgan fingerprint density at radius 2 is 1.76 bits per heavy atom. The number of carbonyl (C=O) groups is 1. The number of benzene rings is 1. The highest BCUT2D eigenvalue weighted by Crippen LogP contribution is 2.25. The molecule has 2 N–H and O–H groups in total. The van der Waals surface area contributed by atoms with E-state index < -0.39 is 10.0 Å². The summed E-state index contributed by atoms with van der Waals surface area (Å²) in [6.45, 7) is 7.11. The van der Waals surface area contributed by atoms with Gasteiger partial charge in [-0.05, 0) is 45.9 Å². The maximum atomic E-state index is 12.3. The largest absolute Gasteiger partial charge is 0.495 e. The van der Waals surface area contributed by atoms with Crippen molar-refractivity contribution in [3.8, 4) is 5.75 Å². The van der Waals surface area contributed by atoms with Crippen molar-refractivity contribution in [2.75, 3.05) is 7.11 Å². The van der Waals surface area contributed by atoms with Crippen molar-refractivity contribution < 1.29 is 17.9 Å². The molecule has 118 valence electrons. The third kappa shape index (κ3) is 4.71. The van der Waals surface area contributed by atoms with Crippen LogP contribution in [0.1, 0.15) is 38.1 Å². The van der Waals surface area contributed by atoms with Gasteiger partial charge in [-0.3, -0.25) is 4.79 Å². The highest BCUT2D eigenvalue weighted by atomic mass is 32.2. The minimum absolute atomic E-state index is 0.0338. The highest BCUT2D eigenvalue weighted by molar-refractivity contribution is 7.89. The normalized spacial score (nSPS) is 11.8. The lowest BCUT2D eigenvalue weighted by molar-refractivity contribution is 0.0943. The molecule has 1 rings (SSSR count). The fourth-order valence-corrected chi connectivity index (χ4v) is 3.19. The average Bonchev–Trinajstić information content (AvgIpc) is 2.35. The van der Waals surface area contributed by atoms with Gasteiger partial charge in [-0.1, -0.05) is 0 Å². The van der Waals surface area contributed by atoms with Gasteiger partial charge in [0, 0.05) is 17.6 Å². The topological polar surface area (TPSA) is 84.5 Å². The molecule has 0 aromatic heterocycles. The van der Waals surface area contributed by atoms with Crippen LogP contribution in [0.3, 0.4) is 0 Å². The van der Waals surface area contributed by atoms with E-state index in [1.165, 1.54) is 25.3 Å². The zero-order valence-electron chi connectivity index (χ0n) is 12.9. The quantitative estimate of drug-likeness (QED) is 0.834. The zero-order chi connectivity index (χ0) is 16.2. The second-order valence-corrected chi connectivity index (χ2v) is 6.95. The van der Waals surface area contributed by atoms with Crippen LogP contribution < -0.4 is 14.8 Å². The molecule has 1 amide bonds. The fourth-order valence-electron chi connectivity index (χ4n) is 1.75. The van der Waals surface area contributed by atoms with E-state index in [2.05, 4.69) is 10.0 Å². The first kappa shape index (κ1) is 17.5. The van der Waals surface area contributed by atoms with E-state index in [1.54, 1.807) is 13.8 Å². The molecular weight excluding hydrogens is 292 g/mol. The Balaban J connectivity index is 3.27. The Morgan fingerprint density at radius 3 is 2.24 bits per heavy atom. The lowest BCUT2D eigenvalue weighted by Crippen LogP contribution is -2.32. The third-order valence-electron chi connectivity index (χ3n) is 2.53. The van der Waals surface area contributed by atoms with Crippen molar-refractivity contribution in [2.24, 2.45) is 0 Å². The molecule has 0 aliphatic heterocycles. The summed E-state index contributed by atoms with van der Waals surface area (Å²) in [5.41, 5.74) is 0.272. The monoisotopic (exact) mass is 314 g/mol. The molecule has 7 heteroatoms. The van der Waals surface area contributed by atoms with E-state index in [0.29, 0.717) is 0 Å². The maximum Gasteiger partial charge on any atom is 0.251 e. The molecule has 0 atom stereocenters. The molecule has 1 aromatic rings. The smallest absolute Gasteiger partial charge is 0.251 e. The molecule has 0 saturated heterocycles. The van der Waals surface area contributed by atoms with Crippen LogP contribution in [-0.4, -0.2) is 33.5 Å². The van der Waals surface area contributed by atoms with Gasteiger partial charge < -0.3 is 10.1 Å². The SMILES string of the molecule is COc1ccc(C(=O)NC(C)C)cc1S(=O)(=O)NC(C)C. The standard InChI is InChI=1S/C14H22N2O4S/c1-9(2)15-14(17)11-6-7-12(20-5)13(8-11)21(18,19)16-10(3)4/h6-10,16H,1-5H3,(H,15,17). The number of rotatable bonds is 6. The van der Waals surface area contributed by atoms with Gasteiger partial charge in [0.15, 0.2) is 0 Å². The Morgan fingerprint density at radius 1 is 1.14 bits per heavy atom. The number of methoxy groups -OCH3 is 1. The van der Waals surface area contributed by atoms with E-state index in [1.807, 2.05) is 13.8 Å². The predicted octanol–water partition coefficient (Wildman–Crippen LogP) is 1.52. The molecule has 6 nitrogen and oxygen atoms in total. The van der Waals surface area contributed by atoms with Crippen molar-refractivity contribution >= 4 is 15.9 Å². The first-order valence-electron chi connectivity index (χ1n) is 6.68. The lowest BCUT2D eigenvalue weighted by atomic mass is 10.2. The van der Waals surface area contributed by atoms with Crippen LogP contribution in [0.4, 0.5) is 0 Å². The molecule has 0 spiro atoms. The van der Waals surface area contributed by atoms with Crippen LogP contribution in [0.5, 0.6) is 5.75 Å². The van der Waals surface area contributed by atoms with Crippen molar-refractivity contribution in [1.29, 1.82) is 0 Å². The second kappa shape index (κ2) is 6.91. The molecule has 1 aromatic carbocycles. The molecule has 0 saturated carbocycles. The van der Waals surface area contributed by atoms with Crippen molar-refractivity contribution in [1.82, 2.24) is 10.0 Å². The van der Waals surface area contributed by atoms with E-state index in [0.717, 1.165) is 0 Å². The third-order valence-corrected chi connectivity index (χ3v) is 4.21. The summed E-state index contributed by atoms with van der Waals surface area (Å²) in [5, 5.41) is 2.72. The van der Waals surface area contributed by atoms with Gasteiger partial charge in [0.05, 0.1) is 7.11 Å². The van der Waals surface area contributed by atoms with Crippen molar-refractivity contribution in [3.05, 3.63) is 23.8 Å². The van der Waals surface area contributed by atoms with Gasteiger partial charge >= 0.3 is 0 Å². The lowest BCUT2D eigenvalue weighted by Gasteiger charge is -2.14. The van der Waals surface area contributed by atoms with Gasteiger partial charge in [0.1, 0.15) is 10.6 Å². The van der Waals surface area contributed by atoms with Gasteiger partial charge in [-0.25, -0.2) is 13.1 Å². The minimum Gasteiger partial charge on any atom is -0.495 e. The van der Waals surface area contributed by atoms with Gasteiger partial charge in [-0.2, -0.15) is 0 Å². The minimum atomic E-state index is -3.74. The maximum absolute atomic E-state index is 12.3. The van der Waals surface area contributed by atoms with Crippen LogP contribution in [-0.2, 0) is 10.0 Å². The number of hydrogen-bond acceptors (Lipinski definition) is 4. The Kier molecular flexibility index (Phi) is 5.74. The summed E-state index contributed by atoms with van der Waals surface area (Å²) in [6.07, 6.45) is 0. The molecule has 21 heavy (non-hydrogen) atoms. The van der Waals surface area contributed by atoms with Gasteiger partial charge in [0.2, 0.25) is 10.0 Å². The summed E-state index contributed by atoms with van der Waals surface area (Å²) in [7, 11) is -2.36. The Hall–Kier alpha value is -1.60. The summed E-state index contributed by atoms with van der Waals surface area (Å²) in [4.78, 5) is 11.9. The number of amides is 1. The van der Waals surface area contributed by atoms with Gasteiger partial charge in [0.25, 0.3) is 5.91 Å². The molecular formula is C14H22N2O4S. The molecule has 0 aliphatic rings. The Labute approximate surface area is 125 Å². The molecule has 0 unspecified atom stereocenters. The molecule has 0 radical (unpaired) electrons. The Bertz CT molecular complexity index is 609. The first-order chi connectivity index (χ1) is 9.67. The van der Waals surface area contributed by atoms with Crippen LogP contribution >= 0.6 is 0 Å². The van der Waals surface area contributed by atoms with Crippen molar-refractivity contribution in [3.63, 3.8) is 0 Å². The average molecular weight is 314 g/mol. The summed E-state index contributed by atoms with van der Waals surface area (Å²) < 4.78 is 32.1. The van der Waals surface area contributed by atoms with Gasteiger partial charge in [-0.15, -0.1) is 0 Å². The van der Waals surface area contributed by atoms with E-state index in [9.17, 15) is 13.2 Å². The predicted molar refractivity (Wildman–Crippen MR) is 81.1 cm³/mol.